The molecule has 5 heteroatoms. The van der Waals surface area contributed by atoms with Crippen LogP contribution in [0.25, 0.3) is 0 Å². The predicted molar refractivity (Wildman–Crippen MR) is 78.5 cm³/mol. The van der Waals surface area contributed by atoms with Gasteiger partial charge >= 0.3 is 0 Å². The van der Waals surface area contributed by atoms with Crippen molar-refractivity contribution in [2.45, 2.75) is 13.0 Å². The number of nitrogens with two attached hydrogens (primary N) is 1. The van der Waals surface area contributed by atoms with Crippen molar-refractivity contribution in [3.63, 3.8) is 0 Å². The number of carbonyl (C=O) groups is 1. The predicted octanol–water partition coefficient (Wildman–Crippen LogP) is 0.688. The minimum atomic E-state index is 0.171. The van der Waals surface area contributed by atoms with Gasteiger partial charge in [0.2, 0.25) is 5.91 Å². The smallest absolute Gasteiger partial charge is 0.223 e. The largest absolute Gasteiger partial charge is 0.496 e. The number of carbonyl (C=O) groups excluding carboxylic acids is 1. The van der Waals surface area contributed by atoms with E-state index < -0.39 is 0 Å². The molecule has 2 N–H and O–H groups in total. The summed E-state index contributed by atoms with van der Waals surface area (Å²) in [6.45, 7) is 4.66. The van der Waals surface area contributed by atoms with Crippen LogP contribution in [-0.2, 0) is 11.3 Å². The maximum Gasteiger partial charge on any atom is 0.223 e. The summed E-state index contributed by atoms with van der Waals surface area (Å²) in [4.78, 5) is 16.0. The van der Waals surface area contributed by atoms with Crippen LogP contribution < -0.4 is 10.5 Å². The SMILES string of the molecule is COc1ccccc1CN1CCN(C(=O)CCN)CC1. The number of hydrogen-bond acceptors (Lipinski definition) is 4. The average Bonchev–Trinajstić information content (AvgIpc) is 2.49. The van der Waals surface area contributed by atoms with Gasteiger partial charge in [0.25, 0.3) is 0 Å². The van der Waals surface area contributed by atoms with Crippen LogP contribution in [0.15, 0.2) is 24.3 Å². The third-order valence-corrected chi connectivity index (χ3v) is 3.67. The summed E-state index contributed by atoms with van der Waals surface area (Å²) < 4.78 is 5.37. The summed E-state index contributed by atoms with van der Waals surface area (Å²) in [5.41, 5.74) is 6.62. The molecule has 0 atom stereocenters. The van der Waals surface area contributed by atoms with Gasteiger partial charge < -0.3 is 15.4 Å². The van der Waals surface area contributed by atoms with Gasteiger partial charge in [0.1, 0.15) is 5.75 Å². The normalized spacial score (nSPS) is 16.2. The first-order valence-electron chi connectivity index (χ1n) is 7.06. The van der Waals surface area contributed by atoms with Gasteiger partial charge in [-0.1, -0.05) is 18.2 Å². The average molecular weight is 277 g/mol. The fraction of sp³-hybridized carbons (Fsp3) is 0.533. The van der Waals surface area contributed by atoms with Crippen molar-refractivity contribution in [2.24, 2.45) is 5.73 Å². The quantitative estimate of drug-likeness (QED) is 0.860. The van der Waals surface area contributed by atoms with Crippen molar-refractivity contribution >= 4 is 5.91 Å². The molecule has 110 valence electrons. The number of methoxy groups -OCH3 is 1. The molecule has 0 saturated carbocycles. The zero-order valence-electron chi connectivity index (χ0n) is 12.0. The van der Waals surface area contributed by atoms with E-state index in [1.807, 2.05) is 23.1 Å². The molecule has 1 heterocycles. The van der Waals surface area contributed by atoms with Crippen LogP contribution >= 0.6 is 0 Å². The summed E-state index contributed by atoms with van der Waals surface area (Å²) in [7, 11) is 1.70. The summed E-state index contributed by atoms with van der Waals surface area (Å²) in [6, 6.07) is 8.08. The molecular formula is C15H23N3O2. The van der Waals surface area contributed by atoms with Crippen LogP contribution in [0, 0.1) is 0 Å². The highest BCUT2D eigenvalue weighted by Gasteiger charge is 2.21. The number of nitrogens with zero attached hydrogens (tertiary/aromatic N) is 2. The summed E-state index contributed by atoms with van der Waals surface area (Å²) in [6.07, 6.45) is 0.451. The number of hydrogen-bond donors (Lipinski definition) is 1. The molecule has 1 aliphatic rings. The maximum atomic E-state index is 11.8. The number of benzene rings is 1. The zero-order valence-corrected chi connectivity index (χ0v) is 12.0. The van der Waals surface area contributed by atoms with E-state index in [0.717, 1.165) is 38.5 Å². The Balaban J connectivity index is 1.87. The lowest BCUT2D eigenvalue weighted by Crippen LogP contribution is -2.48. The topological polar surface area (TPSA) is 58.8 Å². The number of para-hydroxylation sites is 1. The number of rotatable bonds is 5. The van der Waals surface area contributed by atoms with Crippen LogP contribution in [-0.4, -0.2) is 55.5 Å². The minimum Gasteiger partial charge on any atom is -0.496 e. The monoisotopic (exact) mass is 277 g/mol. The van der Waals surface area contributed by atoms with Gasteiger partial charge in [-0.2, -0.15) is 0 Å². The van der Waals surface area contributed by atoms with Gasteiger partial charge in [0, 0.05) is 51.3 Å². The van der Waals surface area contributed by atoms with Crippen LogP contribution in [0.5, 0.6) is 5.75 Å². The Bertz CT molecular complexity index is 442. The molecule has 0 bridgehead atoms. The van der Waals surface area contributed by atoms with E-state index >= 15 is 0 Å². The molecule has 0 spiro atoms. The number of ether oxygens (including phenoxy) is 1. The van der Waals surface area contributed by atoms with E-state index in [2.05, 4.69) is 11.0 Å². The molecule has 1 aromatic rings. The molecule has 0 aromatic heterocycles. The maximum absolute atomic E-state index is 11.8. The van der Waals surface area contributed by atoms with Crippen LogP contribution in [0.2, 0.25) is 0 Å². The Labute approximate surface area is 120 Å². The lowest BCUT2D eigenvalue weighted by atomic mass is 10.1. The van der Waals surface area contributed by atoms with Crippen molar-refractivity contribution in [3.8, 4) is 5.75 Å². The molecular weight excluding hydrogens is 254 g/mol. The van der Waals surface area contributed by atoms with Crippen LogP contribution in [0.4, 0.5) is 0 Å². The molecule has 0 aliphatic carbocycles. The van der Waals surface area contributed by atoms with Gasteiger partial charge in [-0.05, 0) is 6.07 Å². The molecule has 2 rings (SSSR count). The lowest BCUT2D eigenvalue weighted by Gasteiger charge is -2.35. The highest BCUT2D eigenvalue weighted by Crippen LogP contribution is 2.19. The zero-order chi connectivity index (χ0) is 14.4. The van der Waals surface area contributed by atoms with E-state index in [1.54, 1.807) is 7.11 Å². The molecule has 20 heavy (non-hydrogen) atoms. The lowest BCUT2D eigenvalue weighted by molar-refractivity contribution is -0.132. The Morgan fingerprint density at radius 3 is 2.60 bits per heavy atom. The van der Waals surface area contributed by atoms with Crippen molar-refractivity contribution in [1.29, 1.82) is 0 Å². The number of amides is 1. The van der Waals surface area contributed by atoms with Crippen molar-refractivity contribution < 1.29 is 9.53 Å². The van der Waals surface area contributed by atoms with E-state index in [9.17, 15) is 4.79 Å². The van der Waals surface area contributed by atoms with Gasteiger partial charge in [-0.25, -0.2) is 0 Å². The first kappa shape index (κ1) is 14.8. The molecule has 1 amide bonds. The first-order valence-corrected chi connectivity index (χ1v) is 7.06. The molecule has 0 unspecified atom stereocenters. The minimum absolute atomic E-state index is 0.171. The molecule has 0 radical (unpaired) electrons. The summed E-state index contributed by atoms with van der Waals surface area (Å²) in [5, 5.41) is 0. The van der Waals surface area contributed by atoms with Crippen molar-refractivity contribution in [2.75, 3.05) is 39.8 Å². The highest BCUT2D eigenvalue weighted by molar-refractivity contribution is 5.76. The van der Waals surface area contributed by atoms with Gasteiger partial charge in [0.05, 0.1) is 7.11 Å². The molecule has 1 saturated heterocycles. The van der Waals surface area contributed by atoms with Crippen LogP contribution in [0.1, 0.15) is 12.0 Å². The Kier molecular flexibility index (Phi) is 5.38. The molecule has 1 aromatic carbocycles. The van der Waals surface area contributed by atoms with E-state index in [0.29, 0.717) is 13.0 Å². The highest BCUT2D eigenvalue weighted by atomic mass is 16.5. The Morgan fingerprint density at radius 1 is 1.25 bits per heavy atom. The molecule has 1 aliphatic heterocycles. The third-order valence-electron chi connectivity index (χ3n) is 3.67. The standard InChI is InChI=1S/C15H23N3O2/c1-20-14-5-3-2-4-13(14)12-17-8-10-18(11-9-17)15(19)6-7-16/h2-5H,6-12,16H2,1H3. The van der Waals surface area contributed by atoms with E-state index in [-0.39, 0.29) is 5.91 Å². The fourth-order valence-electron chi connectivity index (χ4n) is 2.51. The second kappa shape index (κ2) is 7.26. The Morgan fingerprint density at radius 2 is 1.95 bits per heavy atom. The summed E-state index contributed by atoms with van der Waals surface area (Å²) >= 11 is 0. The van der Waals surface area contributed by atoms with Gasteiger partial charge in [-0.15, -0.1) is 0 Å². The molecule has 5 nitrogen and oxygen atoms in total. The first-order chi connectivity index (χ1) is 9.74. The van der Waals surface area contributed by atoms with Gasteiger partial charge in [0.15, 0.2) is 0 Å². The van der Waals surface area contributed by atoms with E-state index in [1.165, 1.54) is 5.56 Å². The number of piperazine rings is 1. The molecule has 1 fully saturated rings. The van der Waals surface area contributed by atoms with E-state index in [4.69, 9.17) is 10.5 Å². The summed E-state index contributed by atoms with van der Waals surface area (Å²) in [5.74, 6) is 1.10. The second-order valence-electron chi connectivity index (χ2n) is 5.01. The Hall–Kier alpha value is -1.59. The second-order valence-corrected chi connectivity index (χ2v) is 5.01. The van der Waals surface area contributed by atoms with Crippen molar-refractivity contribution in [3.05, 3.63) is 29.8 Å². The fourth-order valence-corrected chi connectivity index (χ4v) is 2.51. The van der Waals surface area contributed by atoms with Crippen molar-refractivity contribution in [1.82, 2.24) is 9.80 Å². The van der Waals surface area contributed by atoms with Crippen LogP contribution in [0.3, 0.4) is 0 Å². The third kappa shape index (κ3) is 3.71. The van der Waals surface area contributed by atoms with Gasteiger partial charge in [-0.3, -0.25) is 9.69 Å².